The average Bonchev–Trinajstić information content (AvgIpc) is 1.84. The minimum absolute atomic E-state index is 0.551. The molecule has 0 heterocycles. The minimum Gasteiger partial charge on any atom is -0.386 e. The summed E-state index contributed by atoms with van der Waals surface area (Å²) in [5.41, 5.74) is 1.10. The molecule has 0 aliphatic rings. The van der Waals surface area contributed by atoms with Crippen molar-refractivity contribution in [2.75, 3.05) is 0 Å². The molecule has 0 aromatic heterocycles. The molecular weight excluding hydrogens is 128 g/mol. The Morgan fingerprint density at radius 1 is 1.00 bits per heavy atom. The molecule has 2 N–H and O–H groups in total. The summed E-state index contributed by atoms with van der Waals surface area (Å²) in [6.07, 6.45) is -1.75. The van der Waals surface area contributed by atoms with Gasteiger partial charge in [0.2, 0.25) is 0 Å². The van der Waals surface area contributed by atoms with Crippen molar-refractivity contribution in [1.82, 2.24) is 0 Å². The lowest BCUT2D eigenvalue weighted by Gasteiger charge is -2.17. The molecule has 0 saturated carbocycles. The van der Waals surface area contributed by atoms with E-state index in [2.05, 4.69) is 13.2 Å². The normalized spacial score (nSPS) is 16.0. The van der Waals surface area contributed by atoms with Crippen LogP contribution in [0.3, 0.4) is 0 Å². The molecule has 0 unspecified atom stereocenters. The Kier molecular flexibility index (Phi) is 3.33. The lowest BCUT2D eigenvalue weighted by atomic mass is 10.0. The average molecular weight is 142 g/mol. The summed E-state index contributed by atoms with van der Waals surface area (Å²) in [6.45, 7) is 10.3. The molecule has 0 aliphatic carbocycles. The number of hydrogen-bond acceptors (Lipinski definition) is 2. The van der Waals surface area contributed by atoms with E-state index in [-0.39, 0.29) is 0 Å². The van der Waals surface area contributed by atoms with Gasteiger partial charge < -0.3 is 10.2 Å². The van der Waals surface area contributed by atoms with E-state index < -0.39 is 12.2 Å². The van der Waals surface area contributed by atoms with Crippen molar-refractivity contribution >= 4 is 0 Å². The first kappa shape index (κ1) is 9.40. The zero-order valence-electron chi connectivity index (χ0n) is 6.46. The van der Waals surface area contributed by atoms with Crippen LogP contribution in [0, 0.1) is 0 Å². The van der Waals surface area contributed by atoms with Crippen LogP contribution in [0.15, 0.2) is 24.3 Å². The van der Waals surface area contributed by atoms with Crippen molar-refractivity contribution in [3.05, 3.63) is 24.3 Å². The number of hydrogen-bond donors (Lipinski definition) is 2. The SMILES string of the molecule is C=C(C)[C@@H](O)[C@@H](O)C(=C)C. The van der Waals surface area contributed by atoms with Gasteiger partial charge in [0, 0.05) is 0 Å². The lowest BCUT2D eigenvalue weighted by molar-refractivity contribution is 0.0664. The number of aliphatic hydroxyl groups excluding tert-OH is 2. The maximum absolute atomic E-state index is 9.16. The van der Waals surface area contributed by atoms with Crippen LogP contribution in [0.25, 0.3) is 0 Å². The molecule has 0 aromatic carbocycles. The molecule has 10 heavy (non-hydrogen) atoms. The Balaban J connectivity index is 4.07. The summed E-state index contributed by atoms with van der Waals surface area (Å²) < 4.78 is 0. The molecule has 0 bridgehead atoms. The molecule has 58 valence electrons. The van der Waals surface area contributed by atoms with E-state index in [1.807, 2.05) is 0 Å². The van der Waals surface area contributed by atoms with Crippen LogP contribution in [0.5, 0.6) is 0 Å². The van der Waals surface area contributed by atoms with E-state index in [0.717, 1.165) is 0 Å². The van der Waals surface area contributed by atoms with Crippen molar-refractivity contribution in [3.8, 4) is 0 Å². The Hall–Kier alpha value is -0.600. The second kappa shape index (κ2) is 3.54. The molecule has 0 radical (unpaired) electrons. The van der Waals surface area contributed by atoms with Crippen LogP contribution in [0.2, 0.25) is 0 Å². The molecule has 0 spiro atoms. The predicted octanol–water partition coefficient (Wildman–Crippen LogP) is 0.860. The van der Waals surface area contributed by atoms with Crippen LogP contribution in [-0.4, -0.2) is 22.4 Å². The van der Waals surface area contributed by atoms with Gasteiger partial charge in [-0.25, -0.2) is 0 Å². The predicted molar refractivity (Wildman–Crippen MR) is 41.6 cm³/mol. The summed E-state index contributed by atoms with van der Waals surface area (Å²) in [6, 6.07) is 0. The van der Waals surface area contributed by atoms with Crippen molar-refractivity contribution in [2.45, 2.75) is 26.1 Å². The highest BCUT2D eigenvalue weighted by Crippen LogP contribution is 2.09. The molecule has 2 atom stereocenters. The zero-order valence-corrected chi connectivity index (χ0v) is 6.46. The Bertz CT molecular complexity index is 131. The number of aliphatic hydroxyl groups is 2. The molecule has 0 fully saturated rings. The highest BCUT2D eigenvalue weighted by Gasteiger charge is 2.16. The van der Waals surface area contributed by atoms with Gasteiger partial charge in [0.05, 0.1) is 0 Å². The molecule has 0 rings (SSSR count). The van der Waals surface area contributed by atoms with E-state index in [1.54, 1.807) is 13.8 Å². The van der Waals surface area contributed by atoms with Gasteiger partial charge >= 0.3 is 0 Å². The fourth-order valence-electron chi connectivity index (χ4n) is 0.539. The third kappa shape index (κ3) is 2.33. The Morgan fingerprint density at radius 2 is 1.20 bits per heavy atom. The van der Waals surface area contributed by atoms with Crippen molar-refractivity contribution in [3.63, 3.8) is 0 Å². The third-order valence-electron chi connectivity index (χ3n) is 1.31. The summed E-state index contributed by atoms with van der Waals surface area (Å²) >= 11 is 0. The van der Waals surface area contributed by atoms with Crippen molar-refractivity contribution in [1.29, 1.82) is 0 Å². The number of rotatable bonds is 3. The van der Waals surface area contributed by atoms with Gasteiger partial charge in [0.15, 0.2) is 0 Å². The van der Waals surface area contributed by atoms with Gasteiger partial charge in [0.1, 0.15) is 12.2 Å². The van der Waals surface area contributed by atoms with Crippen LogP contribution >= 0.6 is 0 Å². The topological polar surface area (TPSA) is 40.5 Å². The second-order valence-electron chi connectivity index (χ2n) is 2.58. The molecule has 0 aromatic rings. The first-order valence-corrected chi connectivity index (χ1v) is 3.13. The van der Waals surface area contributed by atoms with E-state index in [1.165, 1.54) is 0 Å². The van der Waals surface area contributed by atoms with Gasteiger partial charge in [-0.2, -0.15) is 0 Å². The highest BCUT2D eigenvalue weighted by molar-refractivity contribution is 5.10. The first-order valence-electron chi connectivity index (χ1n) is 3.13. The Labute approximate surface area is 61.5 Å². The van der Waals surface area contributed by atoms with Crippen LogP contribution < -0.4 is 0 Å². The van der Waals surface area contributed by atoms with Gasteiger partial charge in [-0.1, -0.05) is 13.2 Å². The fraction of sp³-hybridized carbons (Fsp3) is 0.500. The largest absolute Gasteiger partial charge is 0.386 e. The molecular formula is C8H14O2. The Morgan fingerprint density at radius 3 is 1.30 bits per heavy atom. The monoisotopic (exact) mass is 142 g/mol. The summed E-state index contributed by atoms with van der Waals surface area (Å²) in [4.78, 5) is 0. The quantitative estimate of drug-likeness (QED) is 0.574. The van der Waals surface area contributed by atoms with Gasteiger partial charge in [-0.05, 0) is 25.0 Å². The molecule has 2 heteroatoms. The molecule has 0 saturated heterocycles. The molecule has 0 amide bonds. The summed E-state index contributed by atoms with van der Waals surface area (Å²) in [7, 11) is 0. The van der Waals surface area contributed by atoms with Crippen molar-refractivity contribution in [2.24, 2.45) is 0 Å². The maximum Gasteiger partial charge on any atom is 0.104 e. The molecule has 2 nitrogen and oxygen atoms in total. The van der Waals surface area contributed by atoms with Crippen LogP contribution in [0.4, 0.5) is 0 Å². The van der Waals surface area contributed by atoms with Gasteiger partial charge in [0.25, 0.3) is 0 Å². The minimum atomic E-state index is -0.877. The summed E-state index contributed by atoms with van der Waals surface area (Å²) in [5.74, 6) is 0. The van der Waals surface area contributed by atoms with Gasteiger partial charge in [-0.3, -0.25) is 0 Å². The van der Waals surface area contributed by atoms with Crippen LogP contribution in [-0.2, 0) is 0 Å². The van der Waals surface area contributed by atoms with E-state index in [0.29, 0.717) is 11.1 Å². The fourth-order valence-corrected chi connectivity index (χ4v) is 0.539. The van der Waals surface area contributed by atoms with E-state index >= 15 is 0 Å². The van der Waals surface area contributed by atoms with E-state index in [9.17, 15) is 0 Å². The van der Waals surface area contributed by atoms with Crippen molar-refractivity contribution < 1.29 is 10.2 Å². The first-order chi connectivity index (χ1) is 4.46. The summed E-state index contributed by atoms with van der Waals surface area (Å²) in [5, 5.41) is 18.3. The van der Waals surface area contributed by atoms with Crippen LogP contribution in [0.1, 0.15) is 13.8 Å². The lowest BCUT2D eigenvalue weighted by Crippen LogP contribution is -2.27. The third-order valence-corrected chi connectivity index (χ3v) is 1.31. The standard InChI is InChI=1S/C8H14O2/c1-5(2)7(9)8(10)6(3)4/h7-10H,1,3H2,2,4H3/t7-,8+. The maximum atomic E-state index is 9.16. The zero-order chi connectivity index (χ0) is 8.31. The second-order valence-corrected chi connectivity index (χ2v) is 2.58. The highest BCUT2D eigenvalue weighted by atomic mass is 16.3. The smallest absolute Gasteiger partial charge is 0.104 e. The van der Waals surface area contributed by atoms with E-state index in [4.69, 9.17) is 10.2 Å². The molecule has 0 aliphatic heterocycles. The van der Waals surface area contributed by atoms with Gasteiger partial charge in [-0.15, -0.1) is 0 Å².